The summed E-state index contributed by atoms with van der Waals surface area (Å²) in [5.41, 5.74) is 2.53. The largest absolute Gasteiger partial charge is 0.496 e. The first kappa shape index (κ1) is 9.83. The van der Waals surface area contributed by atoms with Crippen LogP contribution in [0.3, 0.4) is 0 Å². The van der Waals surface area contributed by atoms with Gasteiger partial charge in [-0.1, -0.05) is 0 Å². The van der Waals surface area contributed by atoms with E-state index in [4.69, 9.17) is 4.74 Å². The number of methoxy groups -OCH3 is 1. The lowest BCUT2D eigenvalue weighted by Gasteiger charge is -2.04. The average Bonchev–Trinajstić information content (AvgIpc) is 2.46. The van der Waals surface area contributed by atoms with E-state index in [-0.39, 0.29) is 0 Å². The molecule has 2 rings (SSSR count). The minimum atomic E-state index is 0.948. The Bertz CT molecular complexity index is 487. The van der Waals surface area contributed by atoms with Crippen LogP contribution in [-0.4, -0.2) is 11.7 Å². The van der Waals surface area contributed by atoms with E-state index in [0.29, 0.717) is 0 Å². The molecule has 3 heteroatoms. The number of nitrogens with zero attached hydrogens (tertiary/aromatic N) is 1. The number of halogens is 1. The quantitative estimate of drug-likeness (QED) is 0.738. The van der Waals surface area contributed by atoms with Gasteiger partial charge >= 0.3 is 0 Å². The number of hydrogen-bond donors (Lipinski definition) is 0. The maximum absolute atomic E-state index is 5.29. The summed E-state index contributed by atoms with van der Waals surface area (Å²) < 4.78 is 8.66. The van der Waals surface area contributed by atoms with Crippen LogP contribution in [0, 0.1) is 10.5 Å². The summed E-state index contributed by atoms with van der Waals surface area (Å²) in [6.45, 7) is 2.11. The molecule has 0 fully saturated rings. The van der Waals surface area contributed by atoms with E-state index in [1.807, 2.05) is 6.07 Å². The number of fused-ring (bicyclic) bond motifs is 1. The van der Waals surface area contributed by atoms with Gasteiger partial charge in [-0.3, -0.25) is 0 Å². The molecule has 1 heterocycles. The molecule has 1 aromatic carbocycles. The molecule has 0 atom stereocenters. The van der Waals surface area contributed by atoms with Crippen molar-refractivity contribution in [1.82, 2.24) is 4.57 Å². The van der Waals surface area contributed by atoms with Crippen molar-refractivity contribution >= 4 is 33.5 Å². The molecule has 14 heavy (non-hydrogen) atoms. The van der Waals surface area contributed by atoms with Crippen molar-refractivity contribution in [1.29, 1.82) is 0 Å². The molecule has 1 aromatic heterocycles. The van der Waals surface area contributed by atoms with E-state index < -0.39 is 0 Å². The van der Waals surface area contributed by atoms with Gasteiger partial charge in [-0.15, -0.1) is 0 Å². The zero-order valence-corrected chi connectivity index (χ0v) is 10.6. The molecule has 0 saturated heterocycles. The molecule has 0 bridgehead atoms. The first-order chi connectivity index (χ1) is 6.65. The van der Waals surface area contributed by atoms with Crippen LogP contribution in [0.1, 0.15) is 5.69 Å². The van der Waals surface area contributed by atoms with Crippen molar-refractivity contribution in [2.45, 2.75) is 6.92 Å². The van der Waals surface area contributed by atoms with Crippen molar-refractivity contribution in [3.05, 3.63) is 27.5 Å². The Balaban J connectivity index is 2.83. The number of aryl methyl sites for hydroxylation is 2. The summed E-state index contributed by atoms with van der Waals surface area (Å²) in [5.74, 6) is 0.948. The normalized spacial score (nSPS) is 10.9. The topological polar surface area (TPSA) is 14.2 Å². The maximum atomic E-state index is 5.29. The van der Waals surface area contributed by atoms with Gasteiger partial charge in [0.2, 0.25) is 0 Å². The van der Waals surface area contributed by atoms with Gasteiger partial charge in [0.25, 0.3) is 0 Å². The summed E-state index contributed by atoms with van der Waals surface area (Å²) in [4.78, 5) is 0. The number of rotatable bonds is 1. The Hall–Kier alpha value is -0.710. The molecule has 2 aromatic rings. The van der Waals surface area contributed by atoms with Gasteiger partial charge in [-0.2, -0.15) is 0 Å². The second-order valence-corrected chi connectivity index (χ2v) is 4.44. The highest BCUT2D eigenvalue weighted by Crippen LogP contribution is 2.30. The van der Waals surface area contributed by atoms with Crippen molar-refractivity contribution in [3.8, 4) is 5.75 Å². The molecule has 0 aliphatic carbocycles. The summed E-state index contributed by atoms with van der Waals surface area (Å²) in [5, 5.41) is 1.27. The molecule has 0 amide bonds. The van der Waals surface area contributed by atoms with Gasteiger partial charge in [0.05, 0.1) is 10.7 Å². The lowest BCUT2D eigenvalue weighted by atomic mass is 10.2. The van der Waals surface area contributed by atoms with Gasteiger partial charge in [-0.25, -0.2) is 0 Å². The summed E-state index contributed by atoms with van der Waals surface area (Å²) >= 11 is 2.33. The summed E-state index contributed by atoms with van der Waals surface area (Å²) in [7, 11) is 3.79. The van der Waals surface area contributed by atoms with E-state index in [0.717, 1.165) is 5.75 Å². The Morgan fingerprint density at radius 2 is 2.07 bits per heavy atom. The summed E-state index contributed by atoms with van der Waals surface area (Å²) in [6.07, 6.45) is 0. The van der Waals surface area contributed by atoms with E-state index in [2.05, 4.69) is 53.3 Å². The first-order valence-corrected chi connectivity index (χ1v) is 5.51. The molecule has 0 spiro atoms. The van der Waals surface area contributed by atoms with Gasteiger partial charge in [0, 0.05) is 23.6 Å². The average molecular weight is 301 g/mol. The smallest absolute Gasteiger partial charge is 0.132 e. The van der Waals surface area contributed by atoms with Gasteiger partial charge in [-0.05, 0) is 47.7 Å². The highest BCUT2D eigenvalue weighted by Gasteiger charge is 2.09. The Labute approximate surface area is 97.0 Å². The van der Waals surface area contributed by atoms with Crippen LogP contribution >= 0.6 is 22.6 Å². The van der Waals surface area contributed by atoms with Crippen LogP contribution in [0.4, 0.5) is 0 Å². The maximum Gasteiger partial charge on any atom is 0.132 e. The Kier molecular flexibility index (Phi) is 2.43. The van der Waals surface area contributed by atoms with E-state index >= 15 is 0 Å². The molecule has 0 unspecified atom stereocenters. The molecular weight excluding hydrogens is 289 g/mol. The second-order valence-electron chi connectivity index (χ2n) is 3.36. The van der Waals surface area contributed by atoms with E-state index in [1.165, 1.54) is 20.2 Å². The monoisotopic (exact) mass is 301 g/mol. The third kappa shape index (κ3) is 1.30. The fourth-order valence-corrected chi connectivity index (χ4v) is 2.48. The molecule has 74 valence electrons. The molecule has 2 nitrogen and oxygen atoms in total. The Morgan fingerprint density at radius 1 is 1.36 bits per heavy atom. The fraction of sp³-hybridized carbons (Fsp3) is 0.273. The van der Waals surface area contributed by atoms with Crippen molar-refractivity contribution in [2.75, 3.05) is 7.11 Å². The molecule has 0 aliphatic rings. The third-order valence-corrected chi connectivity index (χ3v) is 3.70. The first-order valence-electron chi connectivity index (χ1n) is 4.43. The number of benzene rings is 1. The lowest BCUT2D eigenvalue weighted by molar-refractivity contribution is 0.412. The van der Waals surface area contributed by atoms with E-state index in [9.17, 15) is 0 Å². The zero-order chi connectivity index (χ0) is 10.3. The SMILES string of the molecule is COc1ccc2c(cc(C)n2C)c1I. The van der Waals surface area contributed by atoms with Crippen LogP contribution in [0.25, 0.3) is 10.9 Å². The van der Waals surface area contributed by atoms with Gasteiger partial charge in [0.1, 0.15) is 5.75 Å². The molecular formula is C11H12INO. The van der Waals surface area contributed by atoms with E-state index in [1.54, 1.807) is 7.11 Å². The van der Waals surface area contributed by atoms with Crippen LogP contribution in [0.15, 0.2) is 18.2 Å². The Morgan fingerprint density at radius 3 is 2.71 bits per heavy atom. The number of ether oxygens (including phenoxy) is 1. The second kappa shape index (κ2) is 3.46. The van der Waals surface area contributed by atoms with Gasteiger partial charge in [0.15, 0.2) is 0 Å². The standard InChI is InChI=1S/C11H12INO/c1-7-6-8-9(13(7)2)4-5-10(14-3)11(8)12/h4-6H,1-3H3. The highest BCUT2D eigenvalue weighted by molar-refractivity contribution is 14.1. The minimum Gasteiger partial charge on any atom is -0.496 e. The van der Waals surface area contributed by atoms with Crippen LogP contribution in [0.5, 0.6) is 5.75 Å². The van der Waals surface area contributed by atoms with Crippen LogP contribution in [-0.2, 0) is 7.05 Å². The summed E-state index contributed by atoms with van der Waals surface area (Å²) in [6, 6.07) is 6.31. The predicted octanol–water partition coefficient (Wildman–Crippen LogP) is 3.10. The minimum absolute atomic E-state index is 0.948. The zero-order valence-electron chi connectivity index (χ0n) is 8.47. The number of aromatic nitrogens is 1. The molecule has 0 radical (unpaired) electrons. The van der Waals surface area contributed by atoms with Crippen molar-refractivity contribution < 1.29 is 4.74 Å². The lowest BCUT2D eigenvalue weighted by Crippen LogP contribution is -1.91. The predicted molar refractivity (Wildman–Crippen MR) is 66.9 cm³/mol. The van der Waals surface area contributed by atoms with Crippen LogP contribution < -0.4 is 4.74 Å². The van der Waals surface area contributed by atoms with Crippen molar-refractivity contribution in [2.24, 2.45) is 7.05 Å². The fourth-order valence-electron chi connectivity index (χ4n) is 1.65. The number of hydrogen-bond acceptors (Lipinski definition) is 1. The van der Waals surface area contributed by atoms with Crippen LogP contribution in [0.2, 0.25) is 0 Å². The third-order valence-electron chi connectivity index (χ3n) is 2.58. The molecule has 0 saturated carbocycles. The van der Waals surface area contributed by atoms with Crippen molar-refractivity contribution in [3.63, 3.8) is 0 Å². The molecule has 0 N–H and O–H groups in total. The molecule has 0 aliphatic heterocycles. The highest BCUT2D eigenvalue weighted by atomic mass is 127. The van der Waals surface area contributed by atoms with Gasteiger partial charge < -0.3 is 9.30 Å².